The highest BCUT2D eigenvalue weighted by Crippen LogP contribution is 2.32. The molecule has 2 aromatic carbocycles. The van der Waals surface area contributed by atoms with E-state index in [0.717, 1.165) is 5.56 Å². The number of ether oxygens (including phenoxy) is 1. The van der Waals surface area contributed by atoms with Crippen molar-refractivity contribution in [3.05, 3.63) is 58.9 Å². The van der Waals surface area contributed by atoms with Crippen molar-refractivity contribution >= 4 is 21.1 Å². The lowest BCUT2D eigenvalue weighted by molar-refractivity contribution is 0.358. The van der Waals surface area contributed by atoms with Crippen molar-refractivity contribution in [2.75, 3.05) is 41.3 Å². The van der Waals surface area contributed by atoms with Crippen LogP contribution in [0.15, 0.2) is 58.2 Å². The molecule has 0 radical (unpaired) electrons. The van der Waals surface area contributed by atoms with E-state index in [0.29, 0.717) is 35.4 Å². The highest BCUT2D eigenvalue weighted by Gasteiger charge is 2.24. The molecule has 1 N–H and O–H groups in total. The lowest BCUT2D eigenvalue weighted by Crippen LogP contribution is -2.33. The molecule has 0 aliphatic carbocycles. The van der Waals surface area contributed by atoms with Crippen molar-refractivity contribution in [3.63, 3.8) is 0 Å². The Kier molecular flexibility index (Phi) is 6.75. The van der Waals surface area contributed by atoms with E-state index in [2.05, 4.69) is 15.1 Å². The van der Waals surface area contributed by atoms with Crippen LogP contribution in [0.4, 0.5) is 0 Å². The highest BCUT2D eigenvalue weighted by atomic mass is 32.2. The molecular weight excluding hydrogens is 468 g/mol. The van der Waals surface area contributed by atoms with Gasteiger partial charge in [0.2, 0.25) is 10.0 Å². The fraction of sp³-hybridized carbons (Fsp3) is 0.292. The number of hydrogen-bond donors (Lipinski definition) is 1. The standard InChI is InChI=1S/C24H28N6O4S/c1-28(2)13-14-29(3)35(32,33)17-11-12-18(19(15-17)34-5)22-25-23-20(24(31)26-22)21(27-30(23)4)16-9-7-6-8-10-16/h6-12,15H,13-14H2,1-5H3,(H,25,26,31). The Balaban J connectivity index is 1.78. The number of benzene rings is 2. The molecule has 4 rings (SSSR count). The van der Waals surface area contributed by atoms with Gasteiger partial charge in [-0.15, -0.1) is 0 Å². The number of rotatable bonds is 8. The smallest absolute Gasteiger partial charge is 0.262 e. The number of aromatic nitrogens is 4. The van der Waals surface area contributed by atoms with Gasteiger partial charge in [-0.1, -0.05) is 30.3 Å². The zero-order chi connectivity index (χ0) is 25.3. The monoisotopic (exact) mass is 496 g/mol. The van der Waals surface area contributed by atoms with Crippen molar-refractivity contribution < 1.29 is 13.2 Å². The summed E-state index contributed by atoms with van der Waals surface area (Å²) in [6.45, 7) is 0.932. The van der Waals surface area contributed by atoms with Crippen molar-refractivity contribution in [2.24, 2.45) is 7.05 Å². The third-order valence-electron chi connectivity index (χ3n) is 5.74. The van der Waals surface area contributed by atoms with Gasteiger partial charge in [0.15, 0.2) is 5.65 Å². The molecule has 11 heteroatoms. The van der Waals surface area contributed by atoms with Crippen LogP contribution in [0.5, 0.6) is 5.75 Å². The summed E-state index contributed by atoms with van der Waals surface area (Å²) < 4.78 is 34.4. The number of fused-ring (bicyclic) bond motifs is 1. The zero-order valence-corrected chi connectivity index (χ0v) is 21.1. The van der Waals surface area contributed by atoms with Gasteiger partial charge in [-0.05, 0) is 26.2 Å². The molecule has 0 spiro atoms. The molecule has 4 aromatic rings. The predicted molar refractivity (Wildman–Crippen MR) is 135 cm³/mol. The summed E-state index contributed by atoms with van der Waals surface area (Å²) in [7, 11) is 4.75. The Bertz CT molecular complexity index is 1530. The summed E-state index contributed by atoms with van der Waals surface area (Å²) in [6, 6.07) is 13.9. The minimum atomic E-state index is -3.72. The van der Waals surface area contributed by atoms with Gasteiger partial charge in [0.25, 0.3) is 5.56 Å². The molecule has 0 unspecified atom stereocenters. The summed E-state index contributed by atoms with van der Waals surface area (Å²) >= 11 is 0. The largest absolute Gasteiger partial charge is 0.496 e. The van der Waals surface area contributed by atoms with Gasteiger partial charge < -0.3 is 14.6 Å². The molecule has 0 aliphatic heterocycles. The second-order valence-electron chi connectivity index (χ2n) is 8.44. The van der Waals surface area contributed by atoms with E-state index in [1.807, 2.05) is 49.3 Å². The first-order chi connectivity index (χ1) is 16.6. The summed E-state index contributed by atoms with van der Waals surface area (Å²) in [5.41, 5.74) is 1.87. The number of aryl methyl sites for hydroxylation is 1. The second-order valence-corrected chi connectivity index (χ2v) is 10.5. The van der Waals surface area contributed by atoms with Crippen LogP contribution in [0.1, 0.15) is 0 Å². The normalized spacial score (nSPS) is 12.1. The maximum Gasteiger partial charge on any atom is 0.262 e. The first-order valence-electron chi connectivity index (χ1n) is 11.0. The molecule has 35 heavy (non-hydrogen) atoms. The maximum absolute atomic E-state index is 13.1. The lowest BCUT2D eigenvalue weighted by Gasteiger charge is -2.20. The minimum absolute atomic E-state index is 0.0923. The molecule has 2 heterocycles. The van der Waals surface area contributed by atoms with E-state index in [9.17, 15) is 13.2 Å². The van der Waals surface area contributed by atoms with Crippen LogP contribution in [0.25, 0.3) is 33.7 Å². The summed E-state index contributed by atoms with van der Waals surface area (Å²) in [4.78, 5) is 22.6. The van der Waals surface area contributed by atoms with E-state index in [4.69, 9.17) is 4.74 Å². The van der Waals surface area contributed by atoms with Gasteiger partial charge in [-0.25, -0.2) is 18.1 Å². The molecule has 184 valence electrons. The summed E-state index contributed by atoms with van der Waals surface area (Å²) in [5.74, 6) is 0.534. The van der Waals surface area contributed by atoms with E-state index < -0.39 is 10.0 Å². The fourth-order valence-electron chi connectivity index (χ4n) is 3.75. The van der Waals surface area contributed by atoms with Crippen LogP contribution in [-0.2, 0) is 17.1 Å². The Hall–Kier alpha value is -3.54. The quantitative estimate of drug-likeness (QED) is 0.398. The van der Waals surface area contributed by atoms with Crippen LogP contribution in [0, 0.1) is 0 Å². The third-order valence-corrected chi connectivity index (χ3v) is 7.59. The third kappa shape index (κ3) is 4.70. The van der Waals surface area contributed by atoms with Crippen molar-refractivity contribution in [1.29, 1.82) is 0 Å². The highest BCUT2D eigenvalue weighted by molar-refractivity contribution is 7.89. The topological polar surface area (TPSA) is 113 Å². The van der Waals surface area contributed by atoms with E-state index in [-0.39, 0.29) is 22.0 Å². The van der Waals surface area contributed by atoms with Crippen LogP contribution < -0.4 is 10.3 Å². The summed E-state index contributed by atoms with van der Waals surface area (Å²) in [6.07, 6.45) is 0. The molecule has 2 aromatic heterocycles. The van der Waals surface area contributed by atoms with Crippen LogP contribution in [0.2, 0.25) is 0 Å². The molecule has 10 nitrogen and oxygen atoms in total. The first kappa shape index (κ1) is 24.6. The van der Waals surface area contributed by atoms with E-state index >= 15 is 0 Å². The average Bonchev–Trinajstić information content (AvgIpc) is 3.19. The van der Waals surface area contributed by atoms with Gasteiger partial charge >= 0.3 is 0 Å². The average molecular weight is 497 g/mol. The molecule has 0 aliphatic rings. The molecule has 0 atom stereocenters. The number of likely N-dealkylation sites (N-methyl/N-ethyl adjacent to an activating group) is 2. The number of hydrogen-bond acceptors (Lipinski definition) is 7. The minimum Gasteiger partial charge on any atom is -0.496 e. The van der Waals surface area contributed by atoms with E-state index in [1.54, 1.807) is 24.8 Å². The van der Waals surface area contributed by atoms with Crippen molar-refractivity contribution in [1.82, 2.24) is 29.0 Å². The predicted octanol–water partition coefficient (Wildman–Crippen LogP) is 2.18. The van der Waals surface area contributed by atoms with Crippen molar-refractivity contribution in [2.45, 2.75) is 4.90 Å². The second kappa shape index (κ2) is 9.61. The molecule has 0 saturated heterocycles. The Labute approximate surface area is 203 Å². The Morgan fingerprint density at radius 2 is 1.77 bits per heavy atom. The number of nitrogens with zero attached hydrogens (tertiary/aromatic N) is 5. The zero-order valence-electron chi connectivity index (χ0n) is 20.3. The van der Waals surface area contributed by atoms with Gasteiger partial charge in [-0.2, -0.15) is 9.40 Å². The number of nitrogens with one attached hydrogen (secondary N) is 1. The Morgan fingerprint density at radius 1 is 1.06 bits per heavy atom. The fourth-order valence-corrected chi connectivity index (χ4v) is 4.93. The van der Waals surface area contributed by atoms with Gasteiger partial charge in [0.1, 0.15) is 22.7 Å². The molecular formula is C24H28N6O4S. The number of methoxy groups -OCH3 is 1. The van der Waals surface area contributed by atoms with Crippen molar-refractivity contribution in [3.8, 4) is 28.4 Å². The number of sulfonamides is 1. The Morgan fingerprint density at radius 3 is 2.43 bits per heavy atom. The van der Waals surface area contributed by atoms with Crippen LogP contribution >= 0.6 is 0 Å². The van der Waals surface area contributed by atoms with Gasteiger partial charge in [0, 0.05) is 38.8 Å². The molecule has 0 saturated carbocycles. The summed E-state index contributed by atoms with van der Waals surface area (Å²) in [5, 5.41) is 4.89. The lowest BCUT2D eigenvalue weighted by atomic mass is 10.1. The van der Waals surface area contributed by atoms with E-state index in [1.165, 1.54) is 23.5 Å². The maximum atomic E-state index is 13.1. The van der Waals surface area contributed by atoms with Crippen LogP contribution in [0.3, 0.4) is 0 Å². The van der Waals surface area contributed by atoms with Crippen LogP contribution in [-0.4, -0.2) is 78.7 Å². The first-order valence-corrected chi connectivity index (χ1v) is 12.4. The molecule has 0 bridgehead atoms. The number of aromatic amines is 1. The molecule has 0 fully saturated rings. The number of H-pyrrole nitrogens is 1. The van der Waals surface area contributed by atoms with Gasteiger partial charge in [-0.3, -0.25) is 4.79 Å². The molecule has 0 amide bonds. The van der Waals surface area contributed by atoms with Gasteiger partial charge in [0.05, 0.1) is 17.6 Å². The SMILES string of the molecule is COc1cc(S(=O)(=O)N(C)CCN(C)C)ccc1-c1nc2c(c(-c3ccccc3)nn2C)c(=O)[nH]1.